The first-order valence-corrected chi connectivity index (χ1v) is 7.99. The molecule has 0 radical (unpaired) electrons. The number of benzene rings is 2. The molecule has 0 atom stereocenters. The molecule has 0 aromatic heterocycles. The molecule has 2 aromatic rings. The molecule has 1 amide bonds. The van der Waals surface area contributed by atoms with Crippen LogP contribution >= 0.6 is 39.7 Å². The first-order chi connectivity index (χ1) is 10.9. The molecule has 0 bridgehead atoms. The summed E-state index contributed by atoms with van der Waals surface area (Å²) in [5.74, 6) is 0.132. The van der Waals surface area contributed by atoms with E-state index < -0.39 is 5.91 Å². The minimum atomic E-state index is -0.416. The van der Waals surface area contributed by atoms with Crippen molar-refractivity contribution in [3.8, 4) is 11.5 Å². The van der Waals surface area contributed by atoms with Crippen LogP contribution in [-0.4, -0.2) is 22.7 Å². The number of halogens is 2. The van der Waals surface area contributed by atoms with Crippen LogP contribution in [0.2, 0.25) is 5.02 Å². The zero-order valence-corrected chi connectivity index (χ0v) is 14.8. The number of hydrogen-bond donors (Lipinski definition) is 3. The second-order valence-electron chi connectivity index (χ2n) is 4.41. The second kappa shape index (κ2) is 8.14. The molecular formula is C15H12BrClN2O3S. The Morgan fingerprint density at radius 2 is 1.96 bits per heavy atom. The number of nitrogens with one attached hydrogen (secondary N) is 2. The predicted molar refractivity (Wildman–Crippen MR) is 97.1 cm³/mol. The molecule has 5 nitrogen and oxygen atoms in total. The van der Waals surface area contributed by atoms with Gasteiger partial charge in [0.05, 0.1) is 5.02 Å². The van der Waals surface area contributed by atoms with Crippen LogP contribution in [-0.2, 0) is 4.79 Å². The van der Waals surface area contributed by atoms with E-state index in [1.54, 1.807) is 30.3 Å². The van der Waals surface area contributed by atoms with Gasteiger partial charge in [0.15, 0.2) is 11.7 Å². The molecular weight excluding hydrogens is 404 g/mol. The lowest BCUT2D eigenvalue weighted by Gasteiger charge is -2.11. The van der Waals surface area contributed by atoms with Crippen LogP contribution in [0.25, 0.3) is 0 Å². The highest BCUT2D eigenvalue weighted by Gasteiger charge is 2.08. The first kappa shape index (κ1) is 17.5. The van der Waals surface area contributed by atoms with E-state index in [-0.39, 0.29) is 17.5 Å². The fourth-order valence-electron chi connectivity index (χ4n) is 1.61. The molecule has 0 aliphatic rings. The maximum absolute atomic E-state index is 11.8. The molecule has 120 valence electrons. The van der Waals surface area contributed by atoms with Gasteiger partial charge in [-0.1, -0.05) is 27.5 Å². The van der Waals surface area contributed by atoms with E-state index in [4.69, 9.17) is 28.6 Å². The van der Waals surface area contributed by atoms with Gasteiger partial charge >= 0.3 is 0 Å². The largest absolute Gasteiger partial charge is 0.508 e. The maximum atomic E-state index is 11.8. The van der Waals surface area contributed by atoms with E-state index in [9.17, 15) is 9.90 Å². The minimum absolute atomic E-state index is 0.131. The van der Waals surface area contributed by atoms with E-state index >= 15 is 0 Å². The monoisotopic (exact) mass is 414 g/mol. The van der Waals surface area contributed by atoms with E-state index in [2.05, 4.69) is 26.6 Å². The number of thiocarbonyl (C=S) groups is 1. The van der Waals surface area contributed by atoms with Crippen molar-refractivity contribution in [2.45, 2.75) is 0 Å². The third-order valence-electron chi connectivity index (χ3n) is 2.63. The average molecular weight is 416 g/mol. The summed E-state index contributed by atoms with van der Waals surface area (Å²) in [4.78, 5) is 11.8. The molecule has 0 heterocycles. The van der Waals surface area contributed by atoms with Crippen molar-refractivity contribution in [1.82, 2.24) is 5.32 Å². The van der Waals surface area contributed by atoms with E-state index in [1.165, 1.54) is 12.1 Å². The van der Waals surface area contributed by atoms with Gasteiger partial charge in [-0.05, 0) is 54.7 Å². The van der Waals surface area contributed by atoms with Gasteiger partial charge in [-0.15, -0.1) is 0 Å². The summed E-state index contributed by atoms with van der Waals surface area (Å²) in [5.41, 5.74) is 0.643. The van der Waals surface area contributed by atoms with Gasteiger partial charge in [-0.2, -0.15) is 0 Å². The molecule has 0 saturated carbocycles. The lowest BCUT2D eigenvalue weighted by Crippen LogP contribution is -2.37. The summed E-state index contributed by atoms with van der Waals surface area (Å²) in [5, 5.41) is 15.0. The Kier molecular flexibility index (Phi) is 6.20. The van der Waals surface area contributed by atoms with Gasteiger partial charge in [0, 0.05) is 10.2 Å². The van der Waals surface area contributed by atoms with Crippen LogP contribution in [0.4, 0.5) is 5.69 Å². The Morgan fingerprint density at radius 3 is 2.61 bits per heavy atom. The van der Waals surface area contributed by atoms with Crippen molar-refractivity contribution in [3.63, 3.8) is 0 Å². The molecule has 8 heteroatoms. The van der Waals surface area contributed by atoms with Gasteiger partial charge in [-0.25, -0.2) is 0 Å². The molecule has 0 saturated heterocycles. The van der Waals surface area contributed by atoms with Gasteiger partial charge in [0.2, 0.25) is 0 Å². The highest BCUT2D eigenvalue weighted by molar-refractivity contribution is 9.10. The Hall–Kier alpha value is -1.83. The highest BCUT2D eigenvalue weighted by Crippen LogP contribution is 2.27. The maximum Gasteiger partial charge on any atom is 0.264 e. The Balaban J connectivity index is 1.82. The topological polar surface area (TPSA) is 70.6 Å². The third kappa shape index (κ3) is 5.70. The molecule has 0 spiro atoms. The Labute approximate surface area is 151 Å². The summed E-state index contributed by atoms with van der Waals surface area (Å²) < 4.78 is 6.15. The number of ether oxygens (including phenoxy) is 1. The molecule has 2 rings (SSSR count). The van der Waals surface area contributed by atoms with Gasteiger partial charge in [0.25, 0.3) is 5.91 Å². The van der Waals surface area contributed by atoms with Crippen molar-refractivity contribution in [2.24, 2.45) is 0 Å². The fourth-order valence-corrected chi connectivity index (χ4v) is 2.57. The van der Waals surface area contributed by atoms with E-state index in [0.717, 1.165) is 4.47 Å². The van der Waals surface area contributed by atoms with Gasteiger partial charge < -0.3 is 15.2 Å². The number of amides is 1. The normalized spacial score (nSPS) is 10.0. The number of carbonyl (C=O) groups excluding carboxylic acids is 1. The zero-order chi connectivity index (χ0) is 16.8. The fraction of sp³-hybridized carbons (Fsp3) is 0.0667. The summed E-state index contributed by atoms with van der Waals surface area (Å²) in [6.45, 7) is -0.223. The van der Waals surface area contributed by atoms with Crippen molar-refractivity contribution in [3.05, 3.63) is 52.0 Å². The predicted octanol–water partition coefficient (Wildman–Crippen LogP) is 3.70. The van der Waals surface area contributed by atoms with Crippen molar-refractivity contribution < 1.29 is 14.6 Å². The number of phenols is 1. The number of rotatable bonds is 4. The third-order valence-corrected chi connectivity index (χ3v) is 3.62. The lowest BCUT2D eigenvalue weighted by atomic mass is 10.3. The summed E-state index contributed by atoms with van der Waals surface area (Å²) >= 11 is 14.3. The Bertz CT molecular complexity index is 725. The van der Waals surface area contributed by atoms with Crippen LogP contribution in [0, 0.1) is 0 Å². The molecule has 2 aromatic carbocycles. The first-order valence-electron chi connectivity index (χ1n) is 6.42. The number of anilines is 1. The molecule has 0 aliphatic carbocycles. The molecule has 3 N–H and O–H groups in total. The number of aromatic hydroxyl groups is 1. The quantitative estimate of drug-likeness (QED) is 0.525. The SMILES string of the molecule is O=C(COc1ccc(Br)cc1Cl)NC(=S)Nc1ccc(O)cc1. The number of carbonyl (C=O) groups is 1. The molecule has 23 heavy (non-hydrogen) atoms. The van der Waals surface area contributed by atoms with Crippen molar-refractivity contribution >= 4 is 56.5 Å². The van der Waals surface area contributed by atoms with Crippen molar-refractivity contribution in [2.75, 3.05) is 11.9 Å². The summed E-state index contributed by atoms with van der Waals surface area (Å²) in [6, 6.07) is 11.4. The smallest absolute Gasteiger partial charge is 0.264 e. The molecule has 0 aliphatic heterocycles. The van der Waals surface area contributed by atoms with Crippen molar-refractivity contribution in [1.29, 1.82) is 0 Å². The second-order valence-corrected chi connectivity index (χ2v) is 6.14. The lowest BCUT2D eigenvalue weighted by molar-refractivity contribution is -0.121. The van der Waals surface area contributed by atoms with Crippen LogP contribution < -0.4 is 15.4 Å². The van der Waals surface area contributed by atoms with Crippen LogP contribution in [0.5, 0.6) is 11.5 Å². The highest BCUT2D eigenvalue weighted by atomic mass is 79.9. The van der Waals surface area contributed by atoms with E-state index in [0.29, 0.717) is 16.5 Å². The molecule has 0 fully saturated rings. The van der Waals surface area contributed by atoms with E-state index in [1.807, 2.05) is 0 Å². The number of hydrogen-bond acceptors (Lipinski definition) is 4. The standard InChI is InChI=1S/C15H12BrClN2O3S/c16-9-1-6-13(12(17)7-9)22-8-14(21)19-15(23)18-10-2-4-11(20)5-3-10/h1-7,20H,8H2,(H2,18,19,21,23). The molecule has 0 unspecified atom stereocenters. The Morgan fingerprint density at radius 1 is 1.26 bits per heavy atom. The van der Waals surface area contributed by atoms with Crippen LogP contribution in [0.3, 0.4) is 0 Å². The van der Waals surface area contributed by atoms with Crippen LogP contribution in [0.1, 0.15) is 0 Å². The van der Waals surface area contributed by atoms with Gasteiger partial charge in [0.1, 0.15) is 11.5 Å². The summed E-state index contributed by atoms with van der Waals surface area (Å²) in [6.07, 6.45) is 0. The average Bonchev–Trinajstić information content (AvgIpc) is 2.48. The zero-order valence-electron chi connectivity index (χ0n) is 11.7. The minimum Gasteiger partial charge on any atom is -0.508 e. The van der Waals surface area contributed by atoms with Crippen LogP contribution in [0.15, 0.2) is 46.9 Å². The van der Waals surface area contributed by atoms with Gasteiger partial charge in [-0.3, -0.25) is 10.1 Å². The number of phenolic OH excluding ortho intramolecular Hbond substituents is 1. The summed E-state index contributed by atoms with van der Waals surface area (Å²) in [7, 11) is 0.